The number of nitrogens with zero attached hydrogens (tertiary/aromatic N) is 1. The van der Waals surface area contributed by atoms with E-state index in [-0.39, 0.29) is 6.04 Å². The Morgan fingerprint density at radius 1 is 1.05 bits per heavy atom. The van der Waals surface area contributed by atoms with Gasteiger partial charge in [-0.15, -0.1) is 0 Å². The molecule has 1 atom stereocenters. The highest BCUT2D eigenvalue weighted by molar-refractivity contribution is 6.32. The van der Waals surface area contributed by atoms with Crippen molar-refractivity contribution in [3.05, 3.63) is 63.6 Å². The summed E-state index contributed by atoms with van der Waals surface area (Å²) in [7, 11) is 2.03. The van der Waals surface area contributed by atoms with Crippen LogP contribution in [0, 0.1) is 0 Å². The highest BCUT2D eigenvalue weighted by Gasteiger charge is 2.18. The quantitative estimate of drug-likeness (QED) is 0.891. The predicted octanol–water partition coefficient (Wildman–Crippen LogP) is 4.65. The van der Waals surface area contributed by atoms with Crippen LogP contribution in [0.15, 0.2) is 42.5 Å². The number of rotatable bonds is 4. The molecular weight excluding hydrogens is 291 g/mol. The Bertz CT molecular complexity index is 599. The molecule has 2 N–H and O–H groups in total. The van der Waals surface area contributed by atoms with Crippen LogP contribution in [0.5, 0.6) is 0 Å². The van der Waals surface area contributed by atoms with Crippen LogP contribution >= 0.6 is 23.2 Å². The van der Waals surface area contributed by atoms with E-state index in [1.165, 1.54) is 0 Å². The molecule has 2 aromatic rings. The van der Waals surface area contributed by atoms with Crippen molar-refractivity contribution >= 4 is 28.9 Å². The molecule has 2 nitrogen and oxygen atoms in total. The third-order valence-electron chi connectivity index (χ3n) is 3.61. The lowest BCUT2D eigenvalue weighted by Gasteiger charge is -2.30. The summed E-state index contributed by atoms with van der Waals surface area (Å²) in [6.45, 7) is 2.52. The Morgan fingerprint density at radius 2 is 1.70 bits per heavy atom. The standard InChI is InChI=1S/C16H18Cl2N2/c1-11(12-6-3-4-7-14(12)17)20(2)16-9-5-8-15(18)13(16)10-19/h3-9,11H,10,19H2,1-2H3. The molecule has 4 heteroatoms. The highest BCUT2D eigenvalue weighted by atomic mass is 35.5. The fourth-order valence-electron chi connectivity index (χ4n) is 2.31. The average Bonchev–Trinajstić information content (AvgIpc) is 2.46. The second kappa shape index (κ2) is 6.49. The van der Waals surface area contributed by atoms with Gasteiger partial charge in [0.1, 0.15) is 0 Å². The van der Waals surface area contributed by atoms with E-state index in [1.807, 2.05) is 49.5 Å². The Hall–Kier alpha value is -1.22. The number of halogens is 2. The van der Waals surface area contributed by atoms with Crippen LogP contribution in [0.4, 0.5) is 5.69 Å². The first kappa shape index (κ1) is 15.2. The molecule has 0 aliphatic carbocycles. The molecule has 20 heavy (non-hydrogen) atoms. The lowest BCUT2D eigenvalue weighted by Crippen LogP contribution is -2.23. The lowest BCUT2D eigenvalue weighted by molar-refractivity contribution is 0.735. The van der Waals surface area contributed by atoms with Gasteiger partial charge in [0.15, 0.2) is 0 Å². The van der Waals surface area contributed by atoms with Crippen molar-refractivity contribution in [3.63, 3.8) is 0 Å². The minimum atomic E-state index is 0.132. The minimum absolute atomic E-state index is 0.132. The van der Waals surface area contributed by atoms with Gasteiger partial charge in [-0.1, -0.05) is 47.5 Å². The molecule has 0 amide bonds. The zero-order chi connectivity index (χ0) is 14.7. The van der Waals surface area contributed by atoms with E-state index in [2.05, 4.69) is 11.8 Å². The van der Waals surface area contributed by atoms with Gasteiger partial charge in [0.2, 0.25) is 0 Å². The van der Waals surface area contributed by atoms with E-state index < -0.39 is 0 Å². The fraction of sp³-hybridized carbons (Fsp3) is 0.250. The Kier molecular flexibility index (Phi) is 4.92. The van der Waals surface area contributed by atoms with E-state index in [9.17, 15) is 0 Å². The lowest BCUT2D eigenvalue weighted by atomic mass is 10.0. The van der Waals surface area contributed by atoms with Crippen LogP contribution < -0.4 is 10.6 Å². The van der Waals surface area contributed by atoms with Gasteiger partial charge in [-0.2, -0.15) is 0 Å². The molecule has 0 aliphatic rings. The summed E-state index contributed by atoms with van der Waals surface area (Å²) in [4.78, 5) is 2.15. The first-order valence-electron chi connectivity index (χ1n) is 6.51. The molecule has 106 valence electrons. The summed E-state index contributed by atoms with van der Waals surface area (Å²) in [6.07, 6.45) is 0. The maximum atomic E-state index is 6.28. The number of nitrogens with two attached hydrogens (primary N) is 1. The normalized spacial score (nSPS) is 12.2. The summed E-state index contributed by atoms with van der Waals surface area (Å²) in [5, 5.41) is 1.46. The smallest absolute Gasteiger partial charge is 0.0525 e. The SMILES string of the molecule is CC(c1ccccc1Cl)N(C)c1cccc(Cl)c1CN. The van der Waals surface area contributed by atoms with Gasteiger partial charge in [0.25, 0.3) is 0 Å². The first-order valence-corrected chi connectivity index (χ1v) is 7.26. The van der Waals surface area contributed by atoms with Gasteiger partial charge >= 0.3 is 0 Å². The zero-order valence-electron chi connectivity index (χ0n) is 11.6. The van der Waals surface area contributed by atoms with Gasteiger partial charge in [-0.3, -0.25) is 0 Å². The van der Waals surface area contributed by atoms with E-state index in [0.29, 0.717) is 11.6 Å². The highest BCUT2D eigenvalue weighted by Crippen LogP contribution is 2.33. The van der Waals surface area contributed by atoms with Crippen molar-refractivity contribution in [1.29, 1.82) is 0 Å². The van der Waals surface area contributed by atoms with E-state index in [0.717, 1.165) is 21.8 Å². The molecule has 0 saturated heterocycles. The maximum absolute atomic E-state index is 6.28. The zero-order valence-corrected chi connectivity index (χ0v) is 13.1. The molecule has 2 rings (SSSR count). The molecule has 0 saturated carbocycles. The van der Waals surface area contributed by atoms with Crippen molar-refractivity contribution < 1.29 is 0 Å². The summed E-state index contributed by atoms with van der Waals surface area (Å²) >= 11 is 12.5. The van der Waals surface area contributed by atoms with Crippen molar-refractivity contribution in [2.75, 3.05) is 11.9 Å². The number of anilines is 1. The van der Waals surface area contributed by atoms with Gasteiger partial charge in [0.05, 0.1) is 6.04 Å². The molecule has 0 radical (unpaired) electrons. The number of hydrogen-bond donors (Lipinski definition) is 1. The minimum Gasteiger partial charge on any atom is -0.367 e. The molecule has 0 spiro atoms. The van der Waals surface area contributed by atoms with Crippen LogP contribution in [0.25, 0.3) is 0 Å². The van der Waals surface area contributed by atoms with Gasteiger partial charge in [0, 0.05) is 34.9 Å². The fourth-order valence-corrected chi connectivity index (χ4v) is 2.85. The molecule has 0 fully saturated rings. The van der Waals surface area contributed by atoms with Crippen molar-refractivity contribution in [1.82, 2.24) is 0 Å². The second-order valence-electron chi connectivity index (χ2n) is 4.75. The molecule has 0 aliphatic heterocycles. The van der Waals surface area contributed by atoms with Crippen LogP contribution in [0.3, 0.4) is 0 Å². The predicted molar refractivity (Wildman–Crippen MR) is 87.6 cm³/mol. The Balaban J connectivity index is 2.39. The van der Waals surface area contributed by atoms with Crippen LogP contribution in [-0.2, 0) is 6.54 Å². The summed E-state index contributed by atoms with van der Waals surface area (Å²) in [5.41, 5.74) is 8.89. The molecule has 2 aromatic carbocycles. The molecule has 1 unspecified atom stereocenters. The second-order valence-corrected chi connectivity index (χ2v) is 5.56. The van der Waals surface area contributed by atoms with E-state index in [4.69, 9.17) is 28.9 Å². The molecule has 0 bridgehead atoms. The van der Waals surface area contributed by atoms with Crippen molar-refractivity contribution in [2.24, 2.45) is 5.73 Å². The summed E-state index contributed by atoms with van der Waals surface area (Å²) < 4.78 is 0. The third kappa shape index (κ3) is 2.93. The van der Waals surface area contributed by atoms with Gasteiger partial charge < -0.3 is 10.6 Å². The maximum Gasteiger partial charge on any atom is 0.0525 e. The van der Waals surface area contributed by atoms with E-state index >= 15 is 0 Å². The van der Waals surface area contributed by atoms with Crippen LogP contribution in [-0.4, -0.2) is 7.05 Å². The number of hydrogen-bond acceptors (Lipinski definition) is 2. The Labute approximate surface area is 130 Å². The Morgan fingerprint density at radius 3 is 2.35 bits per heavy atom. The summed E-state index contributed by atoms with van der Waals surface area (Å²) in [5.74, 6) is 0. The first-order chi connectivity index (χ1) is 9.56. The van der Waals surface area contributed by atoms with Crippen LogP contribution in [0.2, 0.25) is 10.0 Å². The third-order valence-corrected chi connectivity index (χ3v) is 4.31. The molecule has 0 aromatic heterocycles. The van der Waals surface area contributed by atoms with Crippen LogP contribution in [0.1, 0.15) is 24.1 Å². The molecule has 0 heterocycles. The average molecular weight is 309 g/mol. The molecular formula is C16H18Cl2N2. The largest absolute Gasteiger partial charge is 0.367 e. The van der Waals surface area contributed by atoms with Gasteiger partial charge in [-0.05, 0) is 30.7 Å². The van der Waals surface area contributed by atoms with Gasteiger partial charge in [-0.25, -0.2) is 0 Å². The topological polar surface area (TPSA) is 29.3 Å². The van der Waals surface area contributed by atoms with Crippen molar-refractivity contribution in [2.45, 2.75) is 19.5 Å². The summed E-state index contributed by atoms with van der Waals surface area (Å²) in [6, 6.07) is 13.8. The van der Waals surface area contributed by atoms with E-state index in [1.54, 1.807) is 0 Å². The van der Waals surface area contributed by atoms with Crippen molar-refractivity contribution in [3.8, 4) is 0 Å². The monoisotopic (exact) mass is 308 g/mol. The number of benzene rings is 2.